The molecule has 9 heteroatoms. The fourth-order valence-corrected chi connectivity index (χ4v) is 5.57. The molecule has 3 fully saturated rings. The predicted octanol–water partition coefficient (Wildman–Crippen LogP) is 3.48. The number of morpholine rings is 1. The van der Waals surface area contributed by atoms with Crippen molar-refractivity contribution in [1.29, 1.82) is 0 Å². The summed E-state index contributed by atoms with van der Waals surface area (Å²) in [5.41, 5.74) is 0.523. The number of nitrogens with one attached hydrogen (secondary N) is 1. The molecule has 1 aliphatic carbocycles. The van der Waals surface area contributed by atoms with Crippen LogP contribution in [0.25, 0.3) is 0 Å². The van der Waals surface area contributed by atoms with Crippen molar-refractivity contribution in [3.05, 3.63) is 35.9 Å². The second-order valence-corrected chi connectivity index (χ2v) is 9.36. The van der Waals surface area contributed by atoms with Crippen molar-refractivity contribution in [1.82, 2.24) is 10.2 Å². The van der Waals surface area contributed by atoms with Crippen LogP contribution < -0.4 is 5.32 Å². The summed E-state index contributed by atoms with van der Waals surface area (Å²) in [6, 6.07) is 9.56. The Labute approximate surface area is 192 Å². The van der Waals surface area contributed by atoms with Gasteiger partial charge in [-0.25, -0.2) is 13.6 Å². The van der Waals surface area contributed by atoms with E-state index in [0.717, 1.165) is 25.7 Å². The molecule has 4 rings (SSSR count). The van der Waals surface area contributed by atoms with E-state index in [1.165, 1.54) is 10.5 Å². The molecule has 7 nitrogen and oxygen atoms in total. The summed E-state index contributed by atoms with van der Waals surface area (Å²) in [7, 11) is 0. The Hall–Kier alpha value is -2.26. The number of hydrogen-bond acceptors (Lipinski definition) is 5. The van der Waals surface area contributed by atoms with Gasteiger partial charge in [0.15, 0.2) is 6.61 Å². The Morgan fingerprint density at radius 3 is 2.64 bits per heavy atom. The molecular formula is C24H32F2N2O5. The van der Waals surface area contributed by atoms with Crippen molar-refractivity contribution < 1.29 is 32.6 Å². The molecule has 1 saturated carbocycles. The molecule has 1 N–H and O–H groups in total. The third-order valence-electron chi connectivity index (χ3n) is 7.07. The fourth-order valence-electron chi connectivity index (χ4n) is 5.57. The highest BCUT2D eigenvalue weighted by atomic mass is 19.3. The average molecular weight is 467 g/mol. The van der Waals surface area contributed by atoms with E-state index in [-0.39, 0.29) is 37.9 Å². The van der Waals surface area contributed by atoms with E-state index in [1.807, 2.05) is 13.0 Å². The lowest BCUT2D eigenvalue weighted by Crippen LogP contribution is -2.65. The second kappa shape index (κ2) is 10.3. The summed E-state index contributed by atoms with van der Waals surface area (Å²) in [4.78, 5) is 26.3. The third kappa shape index (κ3) is 5.46. The van der Waals surface area contributed by atoms with Crippen LogP contribution in [0.5, 0.6) is 0 Å². The molecule has 2 aliphatic heterocycles. The first-order valence-corrected chi connectivity index (χ1v) is 11.7. The lowest BCUT2D eigenvalue weighted by atomic mass is 9.82. The molecular weight excluding hydrogens is 434 g/mol. The first-order chi connectivity index (χ1) is 15.9. The minimum Gasteiger partial charge on any atom is -0.443 e. The van der Waals surface area contributed by atoms with Gasteiger partial charge < -0.3 is 19.5 Å². The zero-order chi connectivity index (χ0) is 23.4. The van der Waals surface area contributed by atoms with Gasteiger partial charge in [0.1, 0.15) is 6.61 Å². The SMILES string of the molecule is CC1CC2(COCC(=O)N2)C(COC2CCC(c3ccccc3)CC2)N1C(=O)OCC(F)F. The zero-order valence-electron chi connectivity index (χ0n) is 18.9. The van der Waals surface area contributed by atoms with E-state index < -0.39 is 30.7 Å². The Kier molecular flexibility index (Phi) is 7.48. The fraction of sp³-hybridized carbons (Fsp3) is 0.667. The highest BCUT2D eigenvalue weighted by Crippen LogP contribution is 2.38. The zero-order valence-corrected chi connectivity index (χ0v) is 18.9. The maximum Gasteiger partial charge on any atom is 0.410 e. The second-order valence-electron chi connectivity index (χ2n) is 9.36. The van der Waals surface area contributed by atoms with Gasteiger partial charge in [-0.15, -0.1) is 0 Å². The summed E-state index contributed by atoms with van der Waals surface area (Å²) < 4.78 is 41.9. The minimum atomic E-state index is -2.74. The molecule has 2 amide bonds. The Morgan fingerprint density at radius 2 is 1.97 bits per heavy atom. The van der Waals surface area contributed by atoms with Crippen LogP contribution in [-0.4, -0.2) is 73.5 Å². The molecule has 0 bridgehead atoms. The van der Waals surface area contributed by atoms with Gasteiger partial charge in [0, 0.05) is 6.04 Å². The van der Waals surface area contributed by atoms with Crippen molar-refractivity contribution in [3.63, 3.8) is 0 Å². The molecule has 33 heavy (non-hydrogen) atoms. The first kappa shape index (κ1) is 23.9. The van der Waals surface area contributed by atoms with Crippen LogP contribution >= 0.6 is 0 Å². The molecule has 0 radical (unpaired) electrons. The van der Waals surface area contributed by atoms with E-state index >= 15 is 0 Å². The number of likely N-dealkylation sites (tertiary alicyclic amines) is 1. The quantitative estimate of drug-likeness (QED) is 0.695. The van der Waals surface area contributed by atoms with Crippen LogP contribution in [-0.2, 0) is 19.0 Å². The van der Waals surface area contributed by atoms with E-state index in [0.29, 0.717) is 12.3 Å². The smallest absolute Gasteiger partial charge is 0.410 e. The highest BCUT2D eigenvalue weighted by Gasteiger charge is 2.55. The number of nitrogens with zero attached hydrogens (tertiary/aromatic N) is 1. The number of halogens is 2. The Balaban J connectivity index is 1.41. The molecule has 2 saturated heterocycles. The number of ether oxygens (including phenoxy) is 3. The number of hydrogen-bond donors (Lipinski definition) is 1. The monoisotopic (exact) mass is 466 g/mol. The standard InChI is InChI=1S/C24H32F2N2O5/c1-16-11-24(15-31-14-22(29)27-24)20(28(16)23(30)33-13-21(25)26)12-32-19-9-7-18(8-10-19)17-5-3-2-4-6-17/h2-6,16,18-21H,7-15H2,1H3,(H,27,29). The summed E-state index contributed by atoms with van der Waals surface area (Å²) in [5.74, 6) is 0.250. The van der Waals surface area contributed by atoms with E-state index in [9.17, 15) is 18.4 Å². The van der Waals surface area contributed by atoms with Gasteiger partial charge in [0.05, 0.1) is 30.9 Å². The van der Waals surface area contributed by atoms with Crippen molar-refractivity contribution in [2.24, 2.45) is 0 Å². The van der Waals surface area contributed by atoms with Crippen molar-refractivity contribution in [3.8, 4) is 0 Å². The third-order valence-corrected chi connectivity index (χ3v) is 7.07. The number of rotatable bonds is 6. The van der Waals surface area contributed by atoms with Crippen LogP contribution in [0.15, 0.2) is 30.3 Å². The lowest BCUT2D eigenvalue weighted by Gasteiger charge is -2.41. The topological polar surface area (TPSA) is 77.1 Å². The van der Waals surface area contributed by atoms with Crippen LogP contribution in [0.3, 0.4) is 0 Å². The molecule has 3 aliphatic rings. The molecule has 2 heterocycles. The van der Waals surface area contributed by atoms with E-state index in [1.54, 1.807) is 0 Å². The van der Waals surface area contributed by atoms with Gasteiger partial charge in [-0.3, -0.25) is 9.69 Å². The first-order valence-electron chi connectivity index (χ1n) is 11.7. The molecule has 182 valence electrons. The molecule has 1 aromatic rings. The molecule has 1 spiro atoms. The largest absolute Gasteiger partial charge is 0.443 e. The van der Waals surface area contributed by atoms with Gasteiger partial charge in [0.25, 0.3) is 6.43 Å². The van der Waals surface area contributed by atoms with Crippen molar-refractivity contribution >= 4 is 12.0 Å². The molecule has 3 unspecified atom stereocenters. The lowest BCUT2D eigenvalue weighted by molar-refractivity contribution is -0.137. The summed E-state index contributed by atoms with van der Waals surface area (Å²) in [6.45, 7) is 1.23. The number of amides is 2. The number of carbonyl (C=O) groups excluding carboxylic acids is 2. The molecule has 1 aromatic carbocycles. The van der Waals surface area contributed by atoms with Gasteiger partial charge in [0.2, 0.25) is 5.91 Å². The maximum atomic E-state index is 12.7. The van der Waals surface area contributed by atoms with Crippen LogP contribution in [0.1, 0.15) is 50.5 Å². The van der Waals surface area contributed by atoms with Crippen LogP contribution in [0.2, 0.25) is 0 Å². The minimum absolute atomic E-state index is 0.0387. The summed E-state index contributed by atoms with van der Waals surface area (Å²) >= 11 is 0. The van der Waals surface area contributed by atoms with Crippen molar-refractivity contribution in [2.75, 3.05) is 26.4 Å². The van der Waals surface area contributed by atoms with Crippen molar-refractivity contribution in [2.45, 2.75) is 75.1 Å². The van der Waals surface area contributed by atoms with E-state index in [4.69, 9.17) is 14.2 Å². The van der Waals surface area contributed by atoms with Crippen LogP contribution in [0, 0.1) is 0 Å². The Bertz CT molecular complexity index is 818. The van der Waals surface area contributed by atoms with E-state index in [2.05, 4.69) is 29.6 Å². The number of carbonyl (C=O) groups is 2. The predicted molar refractivity (Wildman–Crippen MR) is 116 cm³/mol. The van der Waals surface area contributed by atoms with Crippen LogP contribution in [0.4, 0.5) is 13.6 Å². The average Bonchev–Trinajstić information content (AvgIpc) is 3.06. The van der Waals surface area contributed by atoms with Gasteiger partial charge in [-0.05, 0) is 50.5 Å². The molecule has 0 aromatic heterocycles. The summed E-state index contributed by atoms with van der Waals surface area (Å²) in [5, 5.41) is 3.00. The Morgan fingerprint density at radius 1 is 1.24 bits per heavy atom. The molecule has 3 atom stereocenters. The van der Waals surface area contributed by atoms with Gasteiger partial charge in [-0.2, -0.15) is 0 Å². The summed E-state index contributed by atoms with van der Waals surface area (Å²) in [6.07, 6.45) is 0.742. The number of benzene rings is 1. The van der Waals surface area contributed by atoms with Gasteiger partial charge >= 0.3 is 6.09 Å². The normalized spacial score (nSPS) is 32.2. The van der Waals surface area contributed by atoms with Gasteiger partial charge in [-0.1, -0.05) is 30.3 Å². The maximum absolute atomic E-state index is 12.7. The number of alkyl halides is 2. The highest BCUT2D eigenvalue weighted by molar-refractivity contribution is 5.79.